The average Bonchev–Trinajstić information content (AvgIpc) is 2.90. The summed E-state index contributed by atoms with van der Waals surface area (Å²) >= 11 is 1.32. The van der Waals surface area contributed by atoms with Gasteiger partial charge < -0.3 is 16.6 Å². The molecule has 2 heterocycles. The first kappa shape index (κ1) is 15.4. The second-order valence-corrected chi connectivity index (χ2v) is 6.51. The second-order valence-electron chi connectivity index (χ2n) is 5.71. The summed E-state index contributed by atoms with van der Waals surface area (Å²) in [5, 5.41) is 11.1. The summed E-state index contributed by atoms with van der Waals surface area (Å²) in [6.07, 6.45) is 1.62. The Bertz CT molecular complexity index is 895. The zero-order chi connectivity index (χ0) is 16.6. The predicted molar refractivity (Wildman–Crippen MR) is 93.9 cm³/mol. The number of pyridine rings is 1. The van der Waals surface area contributed by atoms with E-state index in [0.29, 0.717) is 22.8 Å². The lowest BCUT2D eigenvalue weighted by Gasteiger charge is -2.14. The molecule has 0 spiro atoms. The maximum Gasteiger partial charge on any atom is 0.152 e. The molecule has 23 heavy (non-hydrogen) atoms. The fraction of sp³-hybridized carbons (Fsp3) is 0.188. The highest BCUT2D eigenvalue weighted by molar-refractivity contribution is 7.13. The molecule has 5 N–H and O–H groups in total. The molecule has 118 valence electrons. The van der Waals surface area contributed by atoms with Crippen molar-refractivity contribution in [3.63, 3.8) is 0 Å². The Labute approximate surface area is 137 Å². The third kappa shape index (κ3) is 3.01. The number of aromatic nitrogens is 2. The molecular weight excluding hydrogens is 310 g/mol. The molecule has 0 fully saturated rings. The summed E-state index contributed by atoms with van der Waals surface area (Å²) in [6.45, 7) is 3.44. The van der Waals surface area contributed by atoms with E-state index < -0.39 is 5.60 Å². The van der Waals surface area contributed by atoms with Gasteiger partial charge in [0.25, 0.3) is 0 Å². The zero-order valence-corrected chi connectivity index (χ0v) is 13.6. The van der Waals surface area contributed by atoms with Gasteiger partial charge in [-0.1, -0.05) is 0 Å². The van der Waals surface area contributed by atoms with E-state index in [1.807, 2.05) is 18.2 Å². The van der Waals surface area contributed by atoms with Gasteiger partial charge in [0.15, 0.2) is 5.84 Å². The number of benzene rings is 1. The van der Waals surface area contributed by atoms with Crippen molar-refractivity contribution in [1.29, 1.82) is 0 Å². The number of aliphatic imine (C=N–C) groups is 1. The molecule has 3 aromatic rings. The predicted octanol–water partition coefficient (Wildman–Crippen LogP) is 2.54. The highest BCUT2D eigenvalue weighted by atomic mass is 32.1. The lowest BCUT2D eigenvalue weighted by molar-refractivity contribution is 0.0765. The van der Waals surface area contributed by atoms with E-state index >= 15 is 0 Å². The van der Waals surface area contributed by atoms with Gasteiger partial charge in [-0.3, -0.25) is 4.98 Å². The van der Waals surface area contributed by atoms with Crippen LogP contribution in [-0.4, -0.2) is 20.3 Å². The van der Waals surface area contributed by atoms with E-state index in [9.17, 15) is 5.11 Å². The Balaban J connectivity index is 2.02. The normalized spacial score (nSPS) is 12.7. The van der Waals surface area contributed by atoms with Crippen molar-refractivity contribution in [3.8, 4) is 0 Å². The molecule has 0 bridgehead atoms. The molecule has 0 atom stereocenters. The molecule has 2 aromatic heterocycles. The highest BCUT2D eigenvalue weighted by Gasteiger charge is 2.22. The van der Waals surface area contributed by atoms with Crippen molar-refractivity contribution in [2.45, 2.75) is 19.4 Å². The molecule has 3 rings (SSSR count). The van der Waals surface area contributed by atoms with Crippen LogP contribution >= 0.6 is 11.5 Å². The van der Waals surface area contributed by atoms with Gasteiger partial charge in [-0.05, 0) is 55.7 Å². The molecule has 0 unspecified atom stereocenters. The van der Waals surface area contributed by atoms with Crippen LogP contribution in [-0.2, 0) is 5.60 Å². The maximum absolute atomic E-state index is 10.1. The second kappa shape index (κ2) is 5.60. The fourth-order valence-corrected chi connectivity index (χ4v) is 3.21. The van der Waals surface area contributed by atoms with Crippen LogP contribution in [0, 0.1) is 0 Å². The zero-order valence-electron chi connectivity index (χ0n) is 12.8. The van der Waals surface area contributed by atoms with Crippen LogP contribution in [0.25, 0.3) is 10.1 Å². The van der Waals surface area contributed by atoms with Crippen LogP contribution in [0.4, 0.5) is 11.4 Å². The first-order valence-electron chi connectivity index (χ1n) is 7.03. The van der Waals surface area contributed by atoms with Crippen molar-refractivity contribution < 1.29 is 5.11 Å². The molecule has 0 aliphatic carbocycles. The number of nitrogens with zero attached hydrogens (tertiary/aromatic N) is 3. The summed E-state index contributed by atoms with van der Waals surface area (Å²) in [7, 11) is 0. The quantitative estimate of drug-likeness (QED) is 0.506. The van der Waals surface area contributed by atoms with Gasteiger partial charge in [0.2, 0.25) is 0 Å². The third-order valence-electron chi connectivity index (χ3n) is 3.37. The molecule has 7 heteroatoms. The minimum atomic E-state index is -0.982. The minimum absolute atomic E-state index is 0.259. The fourth-order valence-electron chi connectivity index (χ4n) is 2.26. The molecular formula is C16H17N5OS. The number of hydrogen-bond acceptors (Lipinski definition) is 6. The molecule has 0 saturated heterocycles. The molecule has 6 nitrogen and oxygen atoms in total. The van der Waals surface area contributed by atoms with Gasteiger partial charge >= 0.3 is 0 Å². The number of anilines is 1. The van der Waals surface area contributed by atoms with Gasteiger partial charge in [-0.25, -0.2) is 4.99 Å². The van der Waals surface area contributed by atoms with Crippen LogP contribution in [0.15, 0.2) is 41.5 Å². The van der Waals surface area contributed by atoms with Crippen molar-refractivity contribution in [2.75, 3.05) is 5.73 Å². The standard InChI is InChI=1S/C16H17N5OS/c1-16(2,22)14-10-6-5-9(8-12(10)23-21-14)20-15(18)13-11(17)4-3-7-19-13/h3-8,22H,17H2,1-2H3,(H2,18,20). The summed E-state index contributed by atoms with van der Waals surface area (Å²) < 4.78 is 5.27. The number of hydrogen-bond donors (Lipinski definition) is 3. The van der Waals surface area contributed by atoms with Crippen molar-refractivity contribution in [3.05, 3.63) is 47.9 Å². The number of nitrogen functional groups attached to an aromatic ring is 1. The maximum atomic E-state index is 10.1. The Morgan fingerprint density at radius 2 is 2.09 bits per heavy atom. The minimum Gasteiger partial charge on any atom is -0.397 e. The summed E-state index contributed by atoms with van der Waals surface area (Å²) in [6, 6.07) is 9.08. The van der Waals surface area contributed by atoms with E-state index in [1.165, 1.54) is 11.5 Å². The summed E-state index contributed by atoms with van der Waals surface area (Å²) in [5.74, 6) is 0.259. The molecule has 0 amide bonds. The largest absolute Gasteiger partial charge is 0.397 e. The molecule has 0 radical (unpaired) electrons. The lowest BCUT2D eigenvalue weighted by Crippen LogP contribution is -2.16. The SMILES string of the molecule is CC(C)(O)c1nsc2cc(N=C(N)c3ncccc3N)ccc12. The van der Waals surface area contributed by atoms with Crippen LogP contribution in [0.1, 0.15) is 25.2 Å². The van der Waals surface area contributed by atoms with Crippen molar-refractivity contribution >= 4 is 38.8 Å². The molecule has 0 aliphatic rings. The van der Waals surface area contributed by atoms with Gasteiger partial charge in [-0.15, -0.1) is 0 Å². The van der Waals surface area contributed by atoms with Gasteiger partial charge in [-0.2, -0.15) is 4.37 Å². The Kier molecular flexibility index (Phi) is 3.75. The summed E-state index contributed by atoms with van der Waals surface area (Å²) in [5.41, 5.74) is 13.2. The van der Waals surface area contributed by atoms with E-state index in [2.05, 4.69) is 14.3 Å². The van der Waals surface area contributed by atoms with Gasteiger partial charge in [0.1, 0.15) is 11.3 Å². The number of fused-ring (bicyclic) bond motifs is 1. The average molecular weight is 327 g/mol. The number of amidine groups is 1. The van der Waals surface area contributed by atoms with Crippen molar-refractivity contribution in [1.82, 2.24) is 9.36 Å². The molecule has 1 aromatic carbocycles. The Hall–Kier alpha value is -2.51. The third-order valence-corrected chi connectivity index (χ3v) is 4.17. The lowest BCUT2D eigenvalue weighted by atomic mass is 10.0. The topological polar surface area (TPSA) is 110 Å². The van der Waals surface area contributed by atoms with Crippen LogP contribution in [0.2, 0.25) is 0 Å². The highest BCUT2D eigenvalue weighted by Crippen LogP contribution is 2.32. The molecule has 0 saturated carbocycles. The number of rotatable bonds is 3. The van der Waals surface area contributed by atoms with E-state index in [4.69, 9.17) is 11.5 Å². The van der Waals surface area contributed by atoms with E-state index in [1.54, 1.807) is 32.2 Å². The number of nitrogens with two attached hydrogens (primary N) is 2. The first-order valence-corrected chi connectivity index (χ1v) is 7.81. The monoisotopic (exact) mass is 327 g/mol. The number of aliphatic hydroxyl groups is 1. The smallest absolute Gasteiger partial charge is 0.152 e. The van der Waals surface area contributed by atoms with Gasteiger partial charge in [0, 0.05) is 11.6 Å². The van der Waals surface area contributed by atoms with Crippen LogP contribution in [0.3, 0.4) is 0 Å². The first-order chi connectivity index (χ1) is 10.9. The Morgan fingerprint density at radius 1 is 1.30 bits per heavy atom. The van der Waals surface area contributed by atoms with Crippen LogP contribution in [0.5, 0.6) is 0 Å². The Morgan fingerprint density at radius 3 is 2.78 bits per heavy atom. The van der Waals surface area contributed by atoms with Gasteiger partial charge in [0.05, 0.1) is 21.8 Å². The van der Waals surface area contributed by atoms with E-state index in [-0.39, 0.29) is 5.84 Å². The van der Waals surface area contributed by atoms with E-state index in [0.717, 1.165) is 10.1 Å². The summed E-state index contributed by atoms with van der Waals surface area (Å²) in [4.78, 5) is 8.53. The van der Waals surface area contributed by atoms with Crippen LogP contribution < -0.4 is 11.5 Å². The molecule has 0 aliphatic heterocycles. The van der Waals surface area contributed by atoms with Crippen molar-refractivity contribution in [2.24, 2.45) is 10.7 Å².